The van der Waals surface area contributed by atoms with Crippen LogP contribution in [0.5, 0.6) is 5.88 Å². The maximum atomic E-state index is 12.5. The van der Waals surface area contributed by atoms with Crippen LogP contribution in [-0.2, 0) is 4.79 Å². The molecule has 1 atom stereocenters. The number of aromatic amines is 1. The van der Waals surface area contributed by atoms with Gasteiger partial charge in [-0.1, -0.05) is 17.7 Å². The number of aromatic nitrogens is 2. The van der Waals surface area contributed by atoms with Crippen molar-refractivity contribution in [1.29, 1.82) is 0 Å². The number of H-pyrrole nitrogens is 1. The summed E-state index contributed by atoms with van der Waals surface area (Å²) in [5, 5.41) is 18.7. The van der Waals surface area contributed by atoms with Gasteiger partial charge >= 0.3 is 5.69 Å². The molecule has 0 unspecified atom stereocenters. The van der Waals surface area contributed by atoms with Crippen LogP contribution in [0.3, 0.4) is 0 Å². The van der Waals surface area contributed by atoms with Crippen LogP contribution in [0.15, 0.2) is 56.5 Å². The van der Waals surface area contributed by atoms with E-state index in [0.29, 0.717) is 10.7 Å². The number of halogens is 1. The molecule has 0 fully saturated rings. The number of amides is 1. The van der Waals surface area contributed by atoms with Gasteiger partial charge in [0.1, 0.15) is 5.56 Å². The lowest BCUT2D eigenvalue weighted by molar-refractivity contribution is -0.130. The Kier molecular flexibility index (Phi) is 4.85. The number of thiophene rings is 1. The average Bonchev–Trinajstić information content (AvgIpc) is 3.32. The van der Waals surface area contributed by atoms with Crippen LogP contribution in [-0.4, -0.2) is 31.3 Å². The van der Waals surface area contributed by atoms with Gasteiger partial charge < -0.3 is 5.11 Å². The molecule has 1 amide bonds. The molecule has 1 aromatic carbocycles. The summed E-state index contributed by atoms with van der Waals surface area (Å²) < 4.78 is 0.964. The molecule has 2 aromatic heterocycles. The van der Waals surface area contributed by atoms with E-state index in [1.54, 1.807) is 24.3 Å². The molecule has 1 aliphatic rings. The van der Waals surface area contributed by atoms with E-state index in [0.717, 1.165) is 9.44 Å². The van der Waals surface area contributed by atoms with Crippen molar-refractivity contribution in [2.75, 3.05) is 0 Å². The Bertz CT molecular complexity index is 1230. The first-order valence-corrected chi connectivity index (χ1v) is 9.88. The SMILES string of the molecule is CC(=O)N1N=C(c2c(O)n(-c3ccc(Cl)cc3)c(=O)[nH]c2=O)C[C@@H]1c1cccs1. The Balaban J connectivity index is 1.85. The van der Waals surface area contributed by atoms with Gasteiger partial charge in [-0.2, -0.15) is 5.10 Å². The van der Waals surface area contributed by atoms with Gasteiger partial charge in [0.15, 0.2) is 0 Å². The summed E-state index contributed by atoms with van der Waals surface area (Å²) in [6.07, 6.45) is 0.232. The van der Waals surface area contributed by atoms with Gasteiger partial charge in [-0.05, 0) is 35.7 Å². The van der Waals surface area contributed by atoms with Gasteiger partial charge in [0.05, 0.1) is 17.4 Å². The van der Waals surface area contributed by atoms with Crippen molar-refractivity contribution < 1.29 is 9.90 Å². The van der Waals surface area contributed by atoms with Gasteiger partial charge in [0.2, 0.25) is 11.8 Å². The molecular weight excluding hydrogens is 416 g/mol. The van der Waals surface area contributed by atoms with Crippen LogP contribution in [0.25, 0.3) is 5.69 Å². The van der Waals surface area contributed by atoms with Gasteiger partial charge in [-0.3, -0.25) is 14.6 Å². The number of rotatable bonds is 3. The van der Waals surface area contributed by atoms with Crippen LogP contribution < -0.4 is 11.2 Å². The Morgan fingerprint density at radius 3 is 2.62 bits per heavy atom. The number of hydrogen-bond acceptors (Lipinski definition) is 6. The van der Waals surface area contributed by atoms with Crippen LogP contribution in [0.1, 0.15) is 29.8 Å². The predicted octanol–water partition coefficient (Wildman–Crippen LogP) is 2.64. The quantitative estimate of drug-likeness (QED) is 0.665. The average molecular weight is 431 g/mol. The van der Waals surface area contributed by atoms with Crippen molar-refractivity contribution in [1.82, 2.24) is 14.6 Å². The highest BCUT2D eigenvalue weighted by atomic mass is 35.5. The van der Waals surface area contributed by atoms with Crippen molar-refractivity contribution in [3.8, 4) is 11.6 Å². The van der Waals surface area contributed by atoms with Crippen molar-refractivity contribution in [3.05, 3.63) is 78.1 Å². The molecule has 29 heavy (non-hydrogen) atoms. The minimum atomic E-state index is -0.796. The second kappa shape index (κ2) is 7.34. The standard InChI is InChI=1S/C19H15ClN4O4S/c1-10(25)24-14(15-3-2-8-29-15)9-13(22-24)16-17(26)21-19(28)23(18(16)27)12-6-4-11(20)5-7-12/h2-8,14,27H,9H2,1H3,(H,21,26,28)/t14-/m1/s1. The summed E-state index contributed by atoms with van der Waals surface area (Å²) >= 11 is 7.35. The Labute approximate surface area is 173 Å². The third-order valence-corrected chi connectivity index (χ3v) is 5.79. The summed E-state index contributed by atoms with van der Waals surface area (Å²) in [5.74, 6) is -0.838. The van der Waals surface area contributed by atoms with Crippen molar-refractivity contribution in [2.45, 2.75) is 19.4 Å². The molecule has 0 aliphatic carbocycles. The number of carbonyl (C=O) groups excluding carboxylic acids is 1. The van der Waals surface area contributed by atoms with E-state index in [2.05, 4.69) is 10.1 Å². The fourth-order valence-electron chi connectivity index (χ4n) is 3.27. The number of nitrogens with one attached hydrogen (secondary N) is 1. The highest BCUT2D eigenvalue weighted by Gasteiger charge is 2.35. The van der Waals surface area contributed by atoms with Gasteiger partial charge in [0, 0.05) is 23.2 Å². The molecule has 2 N–H and O–H groups in total. The molecular formula is C19H15ClN4O4S. The maximum absolute atomic E-state index is 12.5. The molecule has 0 radical (unpaired) electrons. The number of carbonyl (C=O) groups is 1. The summed E-state index contributed by atoms with van der Waals surface area (Å²) in [7, 11) is 0. The Hall–Kier alpha value is -3.17. The Morgan fingerprint density at radius 2 is 2.00 bits per heavy atom. The smallest absolute Gasteiger partial charge is 0.335 e. The topological polar surface area (TPSA) is 108 Å². The fourth-order valence-corrected chi connectivity index (χ4v) is 4.21. The molecule has 148 valence electrons. The highest BCUT2D eigenvalue weighted by molar-refractivity contribution is 7.10. The number of hydrazone groups is 1. The second-order valence-corrected chi connectivity index (χ2v) is 7.83. The van der Waals surface area contributed by atoms with E-state index in [4.69, 9.17) is 11.6 Å². The van der Waals surface area contributed by atoms with E-state index >= 15 is 0 Å². The number of hydrogen-bond donors (Lipinski definition) is 2. The van der Waals surface area contributed by atoms with Crippen molar-refractivity contribution in [3.63, 3.8) is 0 Å². The largest absolute Gasteiger partial charge is 0.493 e. The monoisotopic (exact) mass is 430 g/mol. The molecule has 0 spiro atoms. The molecule has 4 rings (SSSR count). The lowest BCUT2D eigenvalue weighted by Crippen LogP contribution is -2.33. The molecule has 0 bridgehead atoms. The molecule has 8 nitrogen and oxygen atoms in total. The molecule has 10 heteroatoms. The summed E-state index contributed by atoms with van der Waals surface area (Å²) in [6.45, 7) is 1.38. The van der Waals surface area contributed by atoms with Crippen LogP contribution in [0, 0.1) is 0 Å². The molecule has 3 heterocycles. The summed E-state index contributed by atoms with van der Waals surface area (Å²) in [5.41, 5.74) is -1.17. The number of aromatic hydroxyl groups is 1. The van der Waals surface area contributed by atoms with E-state index in [-0.39, 0.29) is 29.6 Å². The normalized spacial score (nSPS) is 16.1. The number of benzene rings is 1. The fraction of sp³-hybridized carbons (Fsp3) is 0.158. The lowest BCUT2D eigenvalue weighted by atomic mass is 10.0. The van der Waals surface area contributed by atoms with Gasteiger partial charge in [0.25, 0.3) is 5.56 Å². The zero-order valence-corrected chi connectivity index (χ0v) is 16.7. The third kappa shape index (κ3) is 3.39. The minimum absolute atomic E-state index is 0.148. The van der Waals surface area contributed by atoms with Crippen LogP contribution in [0.2, 0.25) is 5.02 Å². The first kappa shape index (κ1) is 19.2. The third-order valence-electron chi connectivity index (χ3n) is 4.56. The highest BCUT2D eigenvalue weighted by Crippen LogP contribution is 2.35. The molecule has 1 aliphatic heterocycles. The molecule has 0 saturated heterocycles. The van der Waals surface area contributed by atoms with Crippen LogP contribution >= 0.6 is 22.9 Å². The zero-order chi connectivity index (χ0) is 20.7. The molecule has 3 aromatic rings. The van der Waals surface area contributed by atoms with Gasteiger partial charge in [-0.15, -0.1) is 11.3 Å². The summed E-state index contributed by atoms with van der Waals surface area (Å²) in [6, 6.07) is 9.56. The first-order valence-electron chi connectivity index (χ1n) is 8.62. The van der Waals surface area contributed by atoms with E-state index < -0.39 is 17.1 Å². The van der Waals surface area contributed by atoms with Gasteiger partial charge in [-0.25, -0.2) is 14.4 Å². The lowest BCUT2D eigenvalue weighted by Gasteiger charge is -2.18. The van der Waals surface area contributed by atoms with Crippen LogP contribution in [0.4, 0.5) is 0 Å². The minimum Gasteiger partial charge on any atom is -0.493 e. The number of nitrogens with zero attached hydrogens (tertiary/aromatic N) is 3. The van der Waals surface area contributed by atoms with E-state index in [1.165, 1.54) is 23.3 Å². The Morgan fingerprint density at radius 1 is 1.28 bits per heavy atom. The van der Waals surface area contributed by atoms with E-state index in [1.807, 2.05) is 17.5 Å². The molecule has 0 saturated carbocycles. The van der Waals surface area contributed by atoms with Crippen molar-refractivity contribution >= 4 is 34.6 Å². The predicted molar refractivity (Wildman–Crippen MR) is 110 cm³/mol. The summed E-state index contributed by atoms with van der Waals surface area (Å²) in [4.78, 5) is 40.1. The first-order chi connectivity index (χ1) is 13.9. The second-order valence-electron chi connectivity index (χ2n) is 6.42. The maximum Gasteiger partial charge on any atom is 0.335 e. The zero-order valence-electron chi connectivity index (χ0n) is 15.1. The van der Waals surface area contributed by atoms with Crippen molar-refractivity contribution in [2.24, 2.45) is 5.10 Å². The van der Waals surface area contributed by atoms with E-state index in [9.17, 15) is 19.5 Å².